The van der Waals surface area contributed by atoms with Gasteiger partial charge in [0.05, 0.1) is 12.2 Å². The van der Waals surface area contributed by atoms with Crippen molar-refractivity contribution in [1.29, 1.82) is 0 Å². The third-order valence-electron chi connectivity index (χ3n) is 4.26. The predicted octanol–water partition coefficient (Wildman–Crippen LogP) is 1.35. The van der Waals surface area contributed by atoms with E-state index in [0.717, 1.165) is 25.9 Å². The van der Waals surface area contributed by atoms with Crippen LogP contribution in [-0.2, 0) is 0 Å². The van der Waals surface area contributed by atoms with Crippen LogP contribution < -0.4 is 5.32 Å². The third-order valence-corrected chi connectivity index (χ3v) is 4.26. The number of carboxylic acids is 1. The van der Waals surface area contributed by atoms with Crippen LogP contribution in [0.4, 0.5) is 0 Å². The second-order valence-corrected chi connectivity index (χ2v) is 5.86. The lowest BCUT2D eigenvalue weighted by molar-refractivity contribution is 0.0696. The number of piperidine rings is 1. The summed E-state index contributed by atoms with van der Waals surface area (Å²) in [4.78, 5) is 25.0. The molecule has 0 aromatic heterocycles. The molecule has 6 heteroatoms. The number of benzene rings is 1. The second-order valence-electron chi connectivity index (χ2n) is 5.86. The van der Waals surface area contributed by atoms with Crippen molar-refractivity contribution in [3.8, 4) is 0 Å². The molecule has 0 unspecified atom stereocenters. The molecule has 126 valence electrons. The van der Waals surface area contributed by atoms with Gasteiger partial charge in [0, 0.05) is 24.7 Å². The topological polar surface area (TPSA) is 89.9 Å². The lowest BCUT2D eigenvalue weighted by Gasteiger charge is -2.34. The predicted molar refractivity (Wildman–Crippen MR) is 86.6 cm³/mol. The smallest absolute Gasteiger partial charge is 0.335 e. The van der Waals surface area contributed by atoms with E-state index in [1.165, 1.54) is 37.1 Å². The van der Waals surface area contributed by atoms with Gasteiger partial charge in [-0.15, -0.1) is 0 Å². The summed E-state index contributed by atoms with van der Waals surface area (Å²) in [5.74, 6) is -1.20. The highest BCUT2D eigenvalue weighted by atomic mass is 16.4. The number of aromatic carboxylic acids is 1. The minimum Gasteiger partial charge on any atom is -0.478 e. The molecular formula is C17H24N2O4. The molecule has 1 amide bonds. The highest BCUT2D eigenvalue weighted by molar-refractivity contribution is 5.95. The number of hydrogen-bond donors (Lipinski definition) is 3. The highest BCUT2D eigenvalue weighted by Crippen LogP contribution is 2.16. The van der Waals surface area contributed by atoms with Crippen molar-refractivity contribution in [2.45, 2.75) is 31.7 Å². The number of carbonyl (C=O) groups is 2. The van der Waals surface area contributed by atoms with Crippen molar-refractivity contribution in [2.24, 2.45) is 0 Å². The molecule has 1 aromatic rings. The molecule has 3 N–H and O–H groups in total. The van der Waals surface area contributed by atoms with Gasteiger partial charge < -0.3 is 15.5 Å². The number of carboxylic acid groups (broad SMARTS) is 1. The molecule has 1 aliphatic heterocycles. The third kappa shape index (κ3) is 5.04. The van der Waals surface area contributed by atoms with Crippen molar-refractivity contribution < 1.29 is 19.8 Å². The molecule has 0 saturated carbocycles. The van der Waals surface area contributed by atoms with Crippen LogP contribution in [0, 0.1) is 0 Å². The summed E-state index contributed by atoms with van der Waals surface area (Å²) in [7, 11) is 0. The van der Waals surface area contributed by atoms with Crippen LogP contribution >= 0.6 is 0 Å². The largest absolute Gasteiger partial charge is 0.478 e. The van der Waals surface area contributed by atoms with Crippen LogP contribution in [0.1, 0.15) is 46.4 Å². The van der Waals surface area contributed by atoms with E-state index in [4.69, 9.17) is 5.11 Å². The maximum absolute atomic E-state index is 12.0. The summed E-state index contributed by atoms with van der Waals surface area (Å²) in [6.45, 7) is 2.63. The Morgan fingerprint density at radius 2 is 1.87 bits per heavy atom. The molecule has 0 radical (unpaired) electrons. The lowest BCUT2D eigenvalue weighted by Crippen LogP contribution is -2.43. The number of nitrogens with one attached hydrogen (secondary N) is 1. The van der Waals surface area contributed by atoms with Crippen molar-refractivity contribution in [1.82, 2.24) is 10.2 Å². The molecule has 6 nitrogen and oxygen atoms in total. The summed E-state index contributed by atoms with van der Waals surface area (Å²) >= 11 is 0. The van der Waals surface area contributed by atoms with Gasteiger partial charge in [0.1, 0.15) is 0 Å². The SMILES string of the molecule is O=C(O)c1ccc(C(=O)NCCCN2CCCC[C@H]2CO)cc1. The molecule has 1 saturated heterocycles. The first kappa shape index (κ1) is 17.4. The Hall–Kier alpha value is -1.92. The maximum atomic E-state index is 12.0. The summed E-state index contributed by atoms with van der Waals surface area (Å²) in [6.07, 6.45) is 4.21. The Morgan fingerprint density at radius 3 is 2.52 bits per heavy atom. The van der Waals surface area contributed by atoms with E-state index in [1.54, 1.807) is 0 Å². The maximum Gasteiger partial charge on any atom is 0.335 e. The fraction of sp³-hybridized carbons (Fsp3) is 0.529. The number of hydrogen-bond acceptors (Lipinski definition) is 4. The first-order chi connectivity index (χ1) is 11.1. The Balaban J connectivity index is 1.73. The Labute approximate surface area is 136 Å². The first-order valence-electron chi connectivity index (χ1n) is 8.08. The van der Waals surface area contributed by atoms with Gasteiger partial charge in [-0.1, -0.05) is 6.42 Å². The Bertz CT molecular complexity index is 530. The fourth-order valence-electron chi connectivity index (χ4n) is 2.91. The van der Waals surface area contributed by atoms with Gasteiger partial charge in [-0.25, -0.2) is 4.79 Å². The van der Waals surface area contributed by atoms with Crippen molar-refractivity contribution in [2.75, 3.05) is 26.2 Å². The summed E-state index contributed by atoms with van der Waals surface area (Å²) in [5, 5.41) is 21.0. The average molecular weight is 320 g/mol. The Kier molecular flexibility index (Phi) is 6.55. The zero-order valence-corrected chi connectivity index (χ0v) is 13.2. The zero-order valence-electron chi connectivity index (χ0n) is 13.2. The van der Waals surface area contributed by atoms with Gasteiger partial charge in [0.25, 0.3) is 5.91 Å². The molecule has 23 heavy (non-hydrogen) atoms. The monoisotopic (exact) mass is 320 g/mol. The molecule has 1 heterocycles. The van der Waals surface area contributed by atoms with Gasteiger partial charge in [-0.2, -0.15) is 0 Å². The van der Waals surface area contributed by atoms with Gasteiger partial charge in [0.15, 0.2) is 0 Å². The van der Waals surface area contributed by atoms with Crippen LogP contribution in [0.15, 0.2) is 24.3 Å². The van der Waals surface area contributed by atoms with Gasteiger partial charge in [-0.05, 0) is 50.1 Å². The van der Waals surface area contributed by atoms with Crippen molar-refractivity contribution in [3.05, 3.63) is 35.4 Å². The molecule has 1 aliphatic rings. The van der Waals surface area contributed by atoms with Gasteiger partial charge in [0.2, 0.25) is 0 Å². The van der Waals surface area contributed by atoms with Crippen molar-refractivity contribution >= 4 is 11.9 Å². The van der Waals surface area contributed by atoms with E-state index in [9.17, 15) is 14.7 Å². The zero-order chi connectivity index (χ0) is 16.7. The molecule has 0 bridgehead atoms. The normalized spacial score (nSPS) is 18.6. The van der Waals surface area contributed by atoms with E-state index in [0.29, 0.717) is 12.1 Å². The number of rotatable bonds is 7. The van der Waals surface area contributed by atoms with Gasteiger partial charge >= 0.3 is 5.97 Å². The molecule has 1 atom stereocenters. The van der Waals surface area contributed by atoms with E-state index in [2.05, 4.69) is 10.2 Å². The summed E-state index contributed by atoms with van der Waals surface area (Å²) < 4.78 is 0. The van der Waals surface area contributed by atoms with Crippen LogP contribution in [0.3, 0.4) is 0 Å². The highest BCUT2D eigenvalue weighted by Gasteiger charge is 2.20. The number of carbonyl (C=O) groups excluding carboxylic acids is 1. The van der Waals surface area contributed by atoms with Crippen LogP contribution in [0.5, 0.6) is 0 Å². The minimum absolute atomic E-state index is 0.168. The van der Waals surface area contributed by atoms with Crippen LogP contribution in [0.25, 0.3) is 0 Å². The molecule has 1 aromatic carbocycles. The van der Waals surface area contributed by atoms with Crippen LogP contribution in [-0.4, -0.2) is 59.3 Å². The quantitative estimate of drug-likeness (QED) is 0.660. The lowest BCUT2D eigenvalue weighted by atomic mass is 10.0. The summed E-state index contributed by atoms with van der Waals surface area (Å²) in [6, 6.07) is 6.15. The molecule has 2 rings (SSSR count). The second kappa shape index (κ2) is 8.64. The van der Waals surface area contributed by atoms with Crippen molar-refractivity contribution in [3.63, 3.8) is 0 Å². The van der Waals surface area contributed by atoms with E-state index < -0.39 is 5.97 Å². The number of likely N-dealkylation sites (tertiary alicyclic amines) is 1. The molecule has 0 aliphatic carbocycles. The first-order valence-corrected chi connectivity index (χ1v) is 8.08. The number of amides is 1. The molecular weight excluding hydrogens is 296 g/mol. The molecule has 1 fully saturated rings. The van der Waals surface area contributed by atoms with Crippen LogP contribution in [0.2, 0.25) is 0 Å². The van der Waals surface area contributed by atoms with Gasteiger partial charge in [-0.3, -0.25) is 9.69 Å². The van der Waals surface area contributed by atoms with E-state index in [-0.39, 0.29) is 24.1 Å². The minimum atomic E-state index is -1.00. The fourth-order valence-corrected chi connectivity index (χ4v) is 2.91. The number of aliphatic hydroxyl groups excluding tert-OH is 1. The molecule has 0 spiro atoms. The summed E-state index contributed by atoms with van der Waals surface area (Å²) in [5.41, 5.74) is 0.628. The number of aliphatic hydroxyl groups is 1. The average Bonchev–Trinajstić information content (AvgIpc) is 2.59. The van der Waals surface area contributed by atoms with E-state index in [1.807, 2.05) is 0 Å². The Morgan fingerprint density at radius 1 is 1.17 bits per heavy atom. The number of nitrogens with zero attached hydrogens (tertiary/aromatic N) is 1. The standard InChI is InChI=1S/C17H24N2O4/c20-12-15-4-1-2-10-19(15)11-3-9-18-16(21)13-5-7-14(8-6-13)17(22)23/h5-8,15,20H,1-4,9-12H2,(H,18,21)(H,22,23)/t15-/m0/s1. The van der Waals surface area contributed by atoms with E-state index >= 15 is 0 Å².